The molecule has 1 amide bonds. The summed E-state index contributed by atoms with van der Waals surface area (Å²) >= 11 is 0. The molecular formula is C16H25NO2. The Bertz CT molecular complexity index is 429. The smallest absolute Gasteiger partial charge is 0.223 e. The highest BCUT2D eigenvalue weighted by atomic mass is 16.3. The summed E-state index contributed by atoms with van der Waals surface area (Å²) in [5.74, 6) is 1.28. The van der Waals surface area contributed by atoms with Crippen LogP contribution in [0.1, 0.15) is 45.7 Å². The van der Waals surface area contributed by atoms with Crippen molar-refractivity contribution in [2.45, 2.75) is 40.2 Å². The molecule has 0 spiro atoms. The zero-order valence-electron chi connectivity index (χ0n) is 12.6. The molecule has 0 aliphatic rings. The van der Waals surface area contributed by atoms with Gasteiger partial charge in [0.2, 0.25) is 5.91 Å². The van der Waals surface area contributed by atoms with Gasteiger partial charge in [0, 0.05) is 13.5 Å². The molecule has 106 valence electrons. The molecule has 0 fully saturated rings. The Morgan fingerprint density at radius 2 is 1.89 bits per heavy atom. The molecule has 3 heteroatoms. The molecule has 0 heterocycles. The summed E-state index contributed by atoms with van der Waals surface area (Å²) < 4.78 is 0. The lowest BCUT2D eigenvalue weighted by molar-refractivity contribution is -0.133. The van der Waals surface area contributed by atoms with E-state index in [1.165, 1.54) is 0 Å². The van der Waals surface area contributed by atoms with Gasteiger partial charge in [0.1, 0.15) is 5.75 Å². The molecule has 1 aromatic rings. The zero-order valence-corrected chi connectivity index (χ0v) is 12.6. The van der Waals surface area contributed by atoms with E-state index in [0.717, 1.165) is 5.56 Å². The van der Waals surface area contributed by atoms with E-state index in [9.17, 15) is 9.90 Å². The van der Waals surface area contributed by atoms with Crippen LogP contribution in [0.15, 0.2) is 24.3 Å². The molecule has 2 atom stereocenters. The minimum absolute atomic E-state index is 0.0287. The van der Waals surface area contributed by atoms with Crippen molar-refractivity contribution < 1.29 is 9.90 Å². The summed E-state index contributed by atoms with van der Waals surface area (Å²) in [5.41, 5.74) is 0.952. The van der Waals surface area contributed by atoms with Crippen molar-refractivity contribution in [2.24, 2.45) is 11.8 Å². The Balaban J connectivity index is 2.71. The largest absolute Gasteiger partial charge is 0.508 e. The standard InChI is InChI=1S/C16H25NO2/c1-11(2)12(3)9-16(19)17(5)13(4)14-7-6-8-15(18)10-14/h6-8,10-13,18H,9H2,1-5H3/t12-,13-/m1/s1. The number of amides is 1. The Morgan fingerprint density at radius 3 is 2.42 bits per heavy atom. The van der Waals surface area contributed by atoms with Gasteiger partial charge < -0.3 is 10.0 Å². The normalized spacial score (nSPS) is 14.2. The highest BCUT2D eigenvalue weighted by molar-refractivity contribution is 5.76. The van der Waals surface area contributed by atoms with E-state index in [4.69, 9.17) is 0 Å². The maximum atomic E-state index is 12.2. The minimum Gasteiger partial charge on any atom is -0.508 e. The lowest BCUT2D eigenvalue weighted by Crippen LogP contribution is -2.31. The molecule has 0 aliphatic carbocycles. The first-order valence-electron chi connectivity index (χ1n) is 6.87. The van der Waals surface area contributed by atoms with Crippen molar-refractivity contribution in [2.75, 3.05) is 7.05 Å². The lowest BCUT2D eigenvalue weighted by atomic mass is 9.94. The van der Waals surface area contributed by atoms with E-state index >= 15 is 0 Å². The summed E-state index contributed by atoms with van der Waals surface area (Å²) in [7, 11) is 1.82. The highest BCUT2D eigenvalue weighted by Gasteiger charge is 2.20. The number of aromatic hydroxyl groups is 1. The highest BCUT2D eigenvalue weighted by Crippen LogP contribution is 2.24. The van der Waals surface area contributed by atoms with Gasteiger partial charge in [-0.05, 0) is 36.5 Å². The van der Waals surface area contributed by atoms with Crippen LogP contribution in [-0.4, -0.2) is 23.0 Å². The molecule has 3 nitrogen and oxygen atoms in total. The van der Waals surface area contributed by atoms with E-state index in [1.54, 1.807) is 23.1 Å². The van der Waals surface area contributed by atoms with Crippen molar-refractivity contribution in [3.8, 4) is 5.75 Å². The number of hydrogen-bond acceptors (Lipinski definition) is 2. The van der Waals surface area contributed by atoms with Crippen molar-refractivity contribution in [1.82, 2.24) is 4.90 Å². The number of carbonyl (C=O) groups excluding carboxylic acids is 1. The number of phenols is 1. The number of nitrogens with zero attached hydrogens (tertiary/aromatic N) is 1. The Kier molecular flexibility index (Phi) is 5.40. The first-order valence-corrected chi connectivity index (χ1v) is 6.87. The van der Waals surface area contributed by atoms with Crippen LogP contribution in [-0.2, 0) is 4.79 Å². The number of rotatable bonds is 5. The monoisotopic (exact) mass is 263 g/mol. The Hall–Kier alpha value is -1.51. The van der Waals surface area contributed by atoms with E-state index < -0.39 is 0 Å². The molecular weight excluding hydrogens is 238 g/mol. The van der Waals surface area contributed by atoms with E-state index in [0.29, 0.717) is 18.3 Å². The summed E-state index contributed by atoms with van der Waals surface area (Å²) in [6.07, 6.45) is 0.567. The fourth-order valence-electron chi connectivity index (χ4n) is 1.88. The van der Waals surface area contributed by atoms with Gasteiger partial charge in [0.05, 0.1) is 6.04 Å². The quantitative estimate of drug-likeness (QED) is 0.882. The number of benzene rings is 1. The van der Waals surface area contributed by atoms with Gasteiger partial charge in [-0.25, -0.2) is 0 Å². The third kappa shape index (κ3) is 4.27. The molecule has 1 aromatic carbocycles. The second-order valence-corrected chi connectivity index (χ2v) is 5.70. The van der Waals surface area contributed by atoms with Gasteiger partial charge in [0.15, 0.2) is 0 Å². The van der Waals surface area contributed by atoms with Crippen LogP contribution >= 0.6 is 0 Å². The van der Waals surface area contributed by atoms with Gasteiger partial charge in [-0.15, -0.1) is 0 Å². The van der Waals surface area contributed by atoms with Crippen LogP contribution in [0.4, 0.5) is 0 Å². The summed E-state index contributed by atoms with van der Waals surface area (Å²) in [6, 6.07) is 7.05. The van der Waals surface area contributed by atoms with Crippen LogP contribution in [0, 0.1) is 11.8 Å². The van der Waals surface area contributed by atoms with Gasteiger partial charge in [0.25, 0.3) is 0 Å². The van der Waals surface area contributed by atoms with Crippen LogP contribution in [0.25, 0.3) is 0 Å². The Morgan fingerprint density at radius 1 is 1.26 bits per heavy atom. The van der Waals surface area contributed by atoms with Crippen LogP contribution in [0.2, 0.25) is 0 Å². The molecule has 0 saturated heterocycles. The van der Waals surface area contributed by atoms with Gasteiger partial charge in [-0.2, -0.15) is 0 Å². The fourth-order valence-corrected chi connectivity index (χ4v) is 1.88. The molecule has 0 saturated carbocycles. The second-order valence-electron chi connectivity index (χ2n) is 5.70. The van der Waals surface area contributed by atoms with Gasteiger partial charge >= 0.3 is 0 Å². The second kappa shape index (κ2) is 6.60. The molecule has 0 radical (unpaired) electrons. The van der Waals surface area contributed by atoms with Crippen LogP contribution in [0.3, 0.4) is 0 Å². The molecule has 0 unspecified atom stereocenters. The van der Waals surface area contributed by atoms with Gasteiger partial charge in [-0.3, -0.25) is 4.79 Å². The lowest BCUT2D eigenvalue weighted by Gasteiger charge is -2.27. The van der Waals surface area contributed by atoms with E-state index in [-0.39, 0.29) is 17.7 Å². The number of carbonyl (C=O) groups is 1. The number of phenolic OH excluding ortho intramolecular Hbond substituents is 1. The molecule has 1 N–H and O–H groups in total. The molecule has 0 bridgehead atoms. The summed E-state index contributed by atoms with van der Waals surface area (Å²) in [6.45, 7) is 8.36. The predicted molar refractivity (Wildman–Crippen MR) is 77.9 cm³/mol. The average molecular weight is 263 g/mol. The molecule has 19 heavy (non-hydrogen) atoms. The number of hydrogen-bond donors (Lipinski definition) is 1. The van der Waals surface area contributed by atoms with E-state index in [2.05, 4.69) is 20.8 Å². The maximum Gasteiger partial charge on any atom is 0.223 e. The third-order valence-electron chi connectivity index (χ3n) is 3.96. The van der Waals surface area contributed by atoms with E-state index in [1.807, 2.05) is 20.0 Å². The average Bonchev–Trinajstić information content (AvgIpc) is 2.36. The summed E-state index contributed by atoms with van der Waals surface area (Å²) in [4.78, 5) is 14.0. The maximum absolute atomic E-state index is 12.2. The van der Waals surface area contributed by atoms with Crippen molar-refractivity contribution in [3.05, 3.63) is 29.8 Å². The first kappa shape index (κ1) is 15.5. The fraction of sp³-hybridized carbons (Fsp3) is 0.562. The van der Waals surface area contributed by atoms with Crippen LogP contribution < -0.4 is 0 Å². The third-order valence-corrected chi connectivity index (χ3v) is 3.96. The molecule has 0 aromatic heterocycles. The zero-order chi connectivity index (χ0) is 14.6. The topological polar surface area (TPSA) is 40.5 Å². The van der Waals surface area contributed by atoms with Crippen molar-refractivity contribution in [1.29, 1.82) is 0 Å². The minimum atomic E-state index is -0.0287. The van der Waals surface area contributed by atoms with Crippen molar-refractivity contribution in [3.63, 3.8) is 0 Å². The molecule has 1 rings (SSSR count). The van der Waals surface area contributed by atoms with Crippen LogP contribution in [0.5, 0.6) is 5.75 Å². The SMILES string of the molecule is CC(C)[C@H](C)CC(=O)N(C)[C@H](C)c1cccc(O)c1. The predicted octanol–water partition coefficient (Wildman–Crippen LogP) is 3.59. The Labute approximate surface area is 116 Å². The first-order chi connectivity index (χ1) is 8.82. The molecule has 0 aliphatic heterocycles. The van der Waals surface area contributed by atoms with Crippen molar-refractivity contribution >= 4 is 5.91 Å². The summed E-state index contributed by atoms with van der Waals surface area (Å²) in [5, 5.41) is 9.50. The van der Waals surface area contributed by atoms with Gasteiger partial charge in [-0.1, -0.05) is 32.9 Å².